The van der Waals surface area contributed by atoms with E-state index in [0.717, 1.165) is 0 Å². The molecule has 0 aliphatic carbocycles. The summed E-state index contributed by atoms with van der Waals surface area (Å²) in [7, 11) is 0. The number of nitriles is 1. The molecule has 7 heteroatoms. The number of ether oxygens (including phenoxy) is 1. The summed E-state index contributed by atoms with van der Waals surface area (Å²) in [5, 5.41) is 20.0. The zero-order valence-electron chi connectivity index (χ0n) is 10.6. The van der Waals surface area contributed by atoms with Crippen LogP contribution >= 0.6 is 11.6 Å². The van der Waals surface area contributed by atoms with Gasteiger partial charge in [-0.05, 0) is 19.9 Å². The van der Waals surface area contributed by atoms with E-state index in [-0.39, 0.29) is 17.9 Å². The quantitative estimate of drug-likeness (QED) is 0.661. The Hall–Kier alpha value is -1.84. The molecule has 0 heterocycles. The highest BCUT2D eigenvalue weighted by Crippen LogP contribution is 2.31. The minimum Gasteiger partial charge on any atom is -0.484 e. The van der Waals surface area contributed by atoms with E-state index in [2.05, 4.69) is 0 Å². The molecule has 1 aromatic carbocycles. The number of nitro benzene ring substituents is 1. The second kappa shape index (κ2) is 5.87. The Balaban J connectivity index is 2.90. The molecule has 0 amide bonds. The minimum atomic E-state index is -1.05. The first-order valence-electron chi connectivity index (χ1n) is 5.56. The maximum absolute atomic E-state index is 10.9. The van der Waals surface area contributed by atoms with E-state index < -0.39 is 16.6 Å². The molecular formula is C12H14ClN3O3. The molecule has 19 heavy (non-hydrogen) atoms. The van der Waals surface area contributed by atoms with Gasteiger partial charge in [0.25, 0.3) is 0 Å². The van der Waals surface area contributed by atoms with Crippen molar-refractivity contribution in [2.24, 2.45) is 5.73 Å². The van der Waals surface area contributed by atoms with Crippen LogP contribution in [0, 0.1) is 21.4 Å². The van der Waals surface area contributed by atoms with Crippen LogP contribution in [0.3, 0.4) is 0 Å². The summed E-state index contributed by atoms with van der Waals surface area (Å²) in [6.45, 7) is 3.26. The summed E-state index contributed by atoms with van der Waals surface area (Å²) in [5.41, 5.74) is 4.47. The molecule has 1 rings (SSSR count). The summed E-state index contributed by atoms with van der Waals surface area (Å²) >= 11 is 5.79. The molecule has 0 aliphatic heterocycles. The van der Waals surface area contributed by atoms with Gasteiger partial charge in [-0.3, -0.25) is 10.1 Å². The highest BCUT2D eigenvalue weighted by Gasteiger charge is 2.24. The molecule has 0 radical (unpaired) electrons. The van der Waals surface area contributed by atoms with E-state index in [4.69, 9.17) is 27.3 Å². The number of nitro groups is 1. The van der Waals surface area contributed by atoms with Crippen LogP contribution in [0.15, 0.2) is 18.2 Å². The van der Waals surface area contributed by atoms with Crippen molar-refractivity contribution in [1.82, 2.24) is 0 Å². The molecule has 2 N–H and O–H groups in total. The highest BCUT2D eigenvalue weighted by molar-refractivity contribution is 6.30. The van der Waals surface area contributed by atoms with Gasteiger partial charge in [0.1, 0.15) is 5.54 Å². The van der Waals surface area contributed by atoms with Gasteiger partial charge in [0.2, 0.25) is 0 Å². The summed E-state index contributed by atoms with van der Waals surface area (Å²) in [6.07, 6.45) is -0.209. The highest BCUT2D eigenvalue weighted by atomic mass is 35.5. The summed E-state index contributed by atoms with van der Waals surface area (Å²) in [4.78, 5) is 10.3. The van der Waals surface area contributed by atoms with Gasteiger partial charge in [-0.15, -0.1) is 0 Å². The first-order chi connectivity index (χ1) is 8.75. The van der Waals surface area contributed by atoms with Crippen LogP contribution in [0.2, 0.25) is 5.02 Å². The summed E-state index contributed by atoms with van der Waals surface area (Å²) < 4.78 is 5.47. The van der Waals surface area contributed by atoms with E-state index in [9.17, 15) is 10.1 Å². The van der Waals surface area contributed by atoms with Crippen LogP contribution in [0.4, 0.5) is 5.69 Å². The lowest BCUT2D eigenvalue weighted by atomic mass is 9.98. The van der Waals surface area contributed by atoms with Crippen LogP contribution in [-0.2, 0) is 0 Å². The Labute approximate surface area is 115 Å². The first kappa shape index (κ1) is 15.2. The first-order valence-corrected chi connectivity index (χ1v) is 5.93. The lowest BCUT2D eigenvalue weighted by molar-refractivity contribution is -0.386. The molecule has 102 valence electrons. The van der Waals surface area contributed by atoms with E-state index in [1.807, 2.05) is 6.07 Å². The Morgan fingerprint density at radius 2 is 2.32 bits per heavy atom. The largest absolute Gasteiger partial charge is 0.484 e. The third-order valence-corrected chi connectivity index (χ3v) is 2.65. The lowest BCUT2D eigenvalue weighted by Gasteiger charge is -2.21. The van der Waals surface area contributed by atoms with Crippen LogP contribution in [0.5, 0.6) is 5.75 Å². The van der Waals surface area contributed by atoms with Crippen molar-refractivity contribution in [1.29, 1.82) is 5.26 Å². The van der Waals surface area contributed by atoms with Crippen molar-refractivity contribution in [3.8, 4) is 11.8 Å². The van der Waals surface area contributed by atoms with E-state index in [1.54, 1.807) is 13.8 Å². The van der Waals surface area contributed by atoms with Gasteiger partial charge in [0.05, 0.1) is 17.1 Å². The molecule has 0 fully saturated rings. The number of hydrogen-bond acceptors (Lipinski definition) is 5. The molecule has 0 aromatic heterocycles. The normalized spacial score (nSPS) is 15.1. The zero-order valence-corrected chi connectivity index (χ0v) is 11.3. The number of halogens is 1. The predicted molar refractivity (Wildman–Crippen MR) is 71.0 cm³/mol. The topological polar surface area (TPSA) is 102 Å². The van der Waals surface area contributed by atoms with Gasteiger partial charge < -0.3 is 10.5 Å². The van der Waals surface area contributed by atoms with Gasteiger partial charge in [-0.2, -0.15) is 5.26 Å². The predicted octanol–water partition coefficient (Wildman–Crippen LogP) is 2.65. The molecule has 0 spiro atoms. The summed E-state index contributed by atoms with van der Waals surface area (Å²) in [5.74, 6) is 0.0683. The number of nitrogens with two attached hydrogens (primary N) is 1. The average Bonchev–Trinajstić information content (AvgIpc) is 2.27. The van der Waals surface area contributed by atoms with Gasteiger partial charge in [-0.1, -0.05) is 11.6 Å². The van der Waals surface area contributed by atoms with Gasteiger partial charge in [0, 0.05) is 23.6 Å². The summed E-state index contributed by atoms with van der Waals surface area (Å²) in [6, 6.07) is 6.01. The van der Waals surface area contributed by atoms with Crippen molar-refractivity contribution in [2.45, 2.75) is 31.9 Å². The fraction of sp³-hybridized carbons (Fsp3) is 0.417. The van der Waals surface area contributed by atoms with Gasteiger partial charge >= 0.3 is 5.69 Å². The van der Waals surface area contributed by atoms with Crippen molar-refractivity contribution in [3.63, 3.8) is 0 Å². The van der Waals surface area contributed by atoms with E-state index >= 15 is 0 Å². The molecule has 0 saturated carbocycles. The lowest BCUT2D eigenvalue weighted by Crippen LogP contribution is -2.38. The molecule has 2 atom stereocenters. The Morgan fingerprint density at radius 3 is 2.84 bits per heavy atom. The standard InChI is InChI=1S/C12H14ClN3O3/c1-8(6-12(2,15)7-14)19-11-5-9(13)3-4-10(11)16(17)18/h3-5,8H,6,15H2,1-2H3. The smallest absolute Gasteiger partial charge is 0.311 e. The molecule has 1 aromatic rings. The number of hydrogen-bond donors (Lipinski definition) is 1. The maximum atomic E-state index is 10.9. The van der Waals surface area contributed by atoms with Crippen LogP contribution in [0.1, 0.15) is 20.3 Å². The van der Waals surface area contributed by atoms with Crippen LogP contribution in [-0.4, -0.2) is 16.6 Å². The van der Waals surface area contributed by atoms with Gasteiger partial charge in [-0.25, -0.2) is 0 Å². The third-order valence-electron chi connectivity index (χ3n) is 2.41. The maximum Gasteiger partial charge on any atom is 0.311 e. The third kappa shape index (κ3) is 4.39. The fourth-order valence-corrected chi connectivity index (χ4v) is 1.80. The van der Waals surface area contributed by atoms with Crippen molar-refractivity contribution < 1.29 is 9.66 Å². The Kier molecular flexibility index (Phi) is 4.70. The second-order valence-electron chi connectivity index (χ2n) is 4.53. The molecule has 0 aliphatic rings. The monoisotopic (exact) mass is 283 g/mol. The molecular weight excluding hydrogens is 270 g/mol. The van der Waals surface area contributed by atoms with Gasteiger partial charge in [0.15, 0.2) is 5.75 Å². The molecule has 0 saturated heterocycles. The fourth-order valence-electron chi connectivity index (χ4n) is 1.63. The molecule has 6 nitrogen and oxygen atoms in total. The van der Waals surface area contributed by atoms with Crippen molar-refractivity contribution in [3.05, 3.63) is 33.3 Å². The van der Waals surface area contributed by atoms with E-state index in [1.165, 1.54) is 18.2 Å². The van der Waals surface area contributed by atoms with Crippen molar-refractivity contribution in [2.75, 3.05) is 0 Å². The Bertz CT molecular complexity index is 525. The number of nitrogens with zero attached hydrogens (tertiary/aromatic N) is 2. The van der Waals surface area contributed by atoms with Crippen LogP contribution in [0.25, 0.3) is 0 Å². The zero-order chi connectivity index (χ0) is 14.6. The minimum absolute atomic E-state index is 0.0683. The Morgan fingerprint density at radius 1 is 1.68 bits per heavy atom. The SMILES string of the molecule is CC(CC(C)(N)C#N)Oc1cc(Cl)ccc1[N+](=O)[O-]. The molecule has 0 bridgehead atoms. The number of benzene rings is 1. The average molecular weight is 284 g/mol. The van der Waals surface area contributed by atoms with Crippen molar-refractivity contribution >= 4 is 17.3 Å². The molecule has 2 unspecified atom stereocenters. The van der Waals surface area contributed by atoms with Crippen LogP contribution < -0.4 is 10.5 Å². The van der Waals surface area contributed by atoms with E-state index in [0.29, 0.717) is 5.02 Å². The number of rotatable bonds is 5. The second-order valence-corrected chi connectivity index (χ2v) is 4.97.